The normalized spacial score (nSPS) is 11.4. The molecule has 7 nitrogen and oxygen atoms in total. The summed E-state index contributed by atoms with van der Waals surface area (Å²) in [4.78, 5) is 23.2. The second-order valence-electron chi connectivity index (χ2n) is 7.82. The van der Waals surface area contributed by atoms with Crippen LogP contribution in [0.25, 0.3) is 16.9 Å². The lowest BCUT2D eigenvalue weighted by Crippen LogP contribution is -2.15. The van der Waals surface area contributed by atoms with Crippen molar-refractivity contribution in [1.29, 1.82) is 5.26 Å². The van der Waals surface area contributed by atoms with Crippen molar-refractivity contribution in [3.63, 3.8) is 0 Å². The van der Waals surface area contributed by atoms with E-state index in [1.54, 1.807) is 30.3 Å². The topological polar surface area (TPSA) is 96.6 Å². The smallest absolute Gasteiger partial charge is 0.332 e. The predicted molar refractivity (Wildman–Crippen MR) is 109 cm³/mol. The number of ether oxygens (including phenoxy) is 1. The minimum absolute atomic E-state index is 0.236. The number of imidazole rings is 1. The van der Waals surface area contributed by atoms with Gasteiger partial charge in [-0.25, -0.2) is 23.7 Å². The SMILES string of the molecule is CC(C)(C)c1cc(C#N)ccc1Oc1ccc(-n2c(=O)[nH]c3cc(F)cnc32)cn1. The van der Waals surface area contributed by atoms with Crippen LogP contribution < -0.4 is 10.4 Å². The van der Waals surface area contributed by atoms with Gasteiger partial charge in [0.1, 0.15) is 11.6 Å². The van der Waals surface area contributed by atoms with E-state index < -0.39 is 11.5 Å². The molecule has 0 spiro atoms. The van der Waals surface area contributed by atoms with Crippen molar-refractivity contribution in [2.45, 2.75) is 26.2 Å². The van der Waals surface area contributed by atoms with Gasteiger partial charge in [0.15, 0.2) is 5.65 Å². The number of aromatic amines is 1. The Kier molecular flexibility index (Phi) is 4.59. The standard InChI is InChI=1S/C22H18FN5O2/c1-22(2,3)16-8-13(10-24)4-6-18(16)30-19-7-5-15(12-25-19)28-20-17(27-21(28)29)9-14(23)11-26-20/h4-9,11-12H,1-3H3,(H,27,29). The molecular weight excluding hydrogens is 385 g/mol. The summed E-state index contributed by atoms with van der Waals surface area (Å²) in [6.45, 7) is 6.10. The third-order valence-electron chi connectivity index (χ3n) is 4.60. The van der Waals surface area contributed by atoms with Gasteiger partial charge in [0.25, 0.3) is 0 Å². The second kappa shape index (κ2) is 7.12. The number of nitriles is 1. The fourth-order valence-electron chi connectivity index (χ4n) is 3.16. The van der Waals surface area contributed by atoms with E-state index in [4.69, 9.17) is 4.74 Å². The quantitative estimate of drug-likeness (QED) is 0.553. The summed E-state index contributed by atoms with van der Waals surface area (Å²) in [7, 11) is 0. The van der Waals surface area contributed by atoms with Crippen LogP contribution >= 0.6 is 0 Å². The Labute approximate surface area is 171 Å². The highest BCUT2D eigenvalue weighted by Gasteiger charge is 2.20. The number of H-pyrrole nitrogens is 1. The largest absolute Gasteiger partial charge is 0.439 e. The molecule has 4 rings (SSSR count). The van der Waals surface area contributed by atoms with Gasteiger partial charge in [-0.05, 0) is 29.7 Å². The number of aromatic nitrogens is 4. The van der Waals surface area contributed by atoms with Gasteiger partial charge < -0.3 is 9.72 Å². The average molecular weight is 403 g/mol. The zero-order chi connectivity index (χ0) is 21.5. The van der Waals surface area contributed by atoms with Crippen LogP contribution in [0.1, 0.15) is 31.9 Å². The molecular formula is C22H18FN5O2. The van der Waals surface area contributed by atoms with E-state index in [-0.39, 0.29) is 5.41 Å². The molecule has 0 aliphatic rings. The van der Waals surface area contributed by atoms with E-state index in [2.05, 4.69) is 21.0 Å². The van der Waals surface area contributed by atoms with E-state index in [0.717, 1.165) is 11.8 Å². The molecule has 0 amide bonds. The molecule has 8 heteroatoms. The zero-order valence-electron chi connectivity index (χ0n) is 16.6. The Morgan fingerprint density at radius 3 is 2.60 bits per heavy atom. The first-order chi connectivity index (χ1) is 14.3. The van der Waals surface area contributed by atoms with Crippen LogP contribution in [0.5, 0.6) is 11.6 Å². The number of fused-ring (bicyclic) bond motifs is 1. The van der Waals surface area contributed by atoms with Gasteiger partial charge in [0.2, 0.25) is 5.88 Å². The molecule has 150 valence electrons. The van der Waals surface area contributed by atoms with Crippen LogP contribution in [-0.4, -0.2) is 19.5 Å². The van der Waals surface area contributed by atoms with Gasteiger partial charge in [-0.3, -0.25) is 0 Å². The lowest BCUT2D eigenvalue weighted by molar-refractivity contribution is 0.439. The number of nitrogens with one attached hydrogen (secondary N) is 1. The van der Waals surface area contributed by atoms with Gasteiger partial charge in [-0.15, -0.1) is 0 Å². The van der Waals surface area contributed by atoms with E-state index >= 15 is 0 Å². The van der Waals surface area contributed by atoms with Gasteiger partial charge in [-0.2, -0.15) is 5.26 Å². The molecule has 3 heterocycles. The third kappa shape index (κ3) is 3.53. The van der Waals surface area contributed by atoms with Crippen LogP contribution in [0, 0.1) is 17.1 Å². The number of benzene rings is 1. The van der Waals surface area contributed by atoms with Crippen molar-refractivity contribution < 1.29 is 9.13 Å². The lowest BCUT2D eigenvalue weighted by atomic mass is 9.85. The fourth-order valence-corrected chi connectivity index (χ4v) is 3.16. The Bertz CT molecular complexity index is 1340. The summed E-state index contributed by atoms with van der Waals surface area (Å²) in [5.41, 5.74) is 1.83. The Morgan fingerprint density at radius 1 is 1.13 bits per heavy atom. The highest BCUT2D eigenvalue weighted by atomic mass is 19.1. The summed E-state index contributed by atoms with van der Waals surface area (Å²) >= 11 is 0. The molecule has 1 N–H and O–H groups in total. The minimum Gasteiger partial charge on any atom is -0.439 e. The minimum atomic E-state index is -0.533. The molecule has 0 saturated carbocycles. The highest BCUT2D eigenvalue weighted by Crippen LogP contribution is 2.34. The molecule has 30 heavy (non-hydrogen) atoms. The summed E-state index contributed by atoms with van der Waals surface area (Å²) in [6, 6.07) is 11.9. The first kappa shape index (κ1) is 19.3. The molecule has 0 unspecified atom stereocenters. The molecule has 4 aromatic rings. The van der Waals surface area contributed by atoms with Crippen LogP contribution in [-0.2, 0) is 5.41 Å². The van der Waals surface area contributed by atoms with E-state index in [9.17, 15) is 14.4 Å². The van der Waals surface area contributed by atoms with Crippen molar-refractivity contribution in [2.75, 3.05) is 0 Å². The van der Waals surface area contributed by atoms with Gasteiger partial charge in [0.05, 0.1) is 35.2 Å². The Morgan fingerprint density at radius 2 is 1.93 bits per heavy atom. The number of nitrogens with zero attached hydrogens (tertiary/aromatic N) is 4. The average Bonchev–Trinajstić information content (AvgIpc) is 3.03. The molecule has 1 aromatic carbocycles. The maximum absolute atomic E-state index is 13.4. The monoisotopic (exact) mass is 403 g/mol. The van der Waals surface area contributed by atoms with E-state index in [0.29, 0.717) is 34.0 Å². The maximum atomic E-state index is 13.4. The van der Waals surface area contributed by atoms with Crippen LogP contribution in [0.4, 0.5) is 4.39 Å². The second-order valence-corrected chi connectivity index (χ2v) is 7.82. The summed E-state index contributed by atoms with van der Waals surface area (Å²) in [5, 5.41) is 9.18. The number of rotatable bonds is 3. The summed E-state index contributed by atoms with van der Waals surface area (Å²) in [5.74, 6) is 0.402. The number of hydrogen-bond acceptors (Lipinski definition) is 5. The van der Waals surface area contributed by atoms with E-state index in [1.807, 2.05) is 20.8 Å². The molecule has 0 radical (unpaired) electrons. The molecule has 0 aliphatic heterocycles. The summed E-state index contributed by atoms with van der Waals surface area (Å²) < 4.78 is 20.6. The Hall–Kier alpha value is -3.99. The van der Waals surface area contributed by atoms with Crippen molar-refractivity contribution in [3.8, 4) is 23.4 Å². The first-order valence-corrected chi connectivity index (χ1v) is 9.21. The van der Waals surface area contributed by atoms with Crippen molar-refractivity contribution in [3.05, 3.63) is 76.2 Å². The number of pyridine rings is 2. The van der Waals surface area contributed by atoms with Crippen molar-refractivity contribution in [1.82, 2.24) is 19.5 Å². The molecule has 0 fully saturated rings. The number of halogens is 1. The molecule has 0 bridgehead atoms. The van der Waals surface area contributed by atoms with Crippen molar-refractivity contribution >= 4 is 11.2 Å². The third-order valence-corrected chi connectivity index (χ3v) is 4.60. The predicted octanol–water partition coefficient (Wildman–Crippen LogP) is 4.21. The Balaban J connectivity index is 1.69. The molecule has 0 aliphatic carbocycles. The van der Waals surface area contributed by atoms with Crippen LogP contribution in [0.15, 0.2) is 53.6 Å². The molecule has 0 atom stereocenters. The molecule has 3 aromatic heterocycles. The van der Waals surface area contributed by atoms with Crippen molar-refractivity contribution in [2.24, 2.45) is 0 Å². The van der Waals surface area contributed by atoms with Gasteiger partial charge in [-0.1, -0.05) is 20.8 Å². The first-order valence-electron chi connectivity index (χ1n) is 9.21. The fraction of sp³-hybridized carbons (Fsp3) is 0.182. The van der Waals surface area contributed by atoms with Gasteiger partial charge in [0, 0.05) is 17.7 Å². The van der Waals surface area contributed by atoms with Gasteiger partial charge >= 0.3 is 5.69 Å². The lowest BCUT2D eigenvalue weighted by Gasteiger charge is -2.22. The van der Waals surface area contributed by atoms with E-state index in [1.165, 1.54) is 16.8 Å². The van der Waals surface area contributed by atoms with Crippen LogP contribution in [0.2, 0.25) is 0 Å². The highest BCUT2D eigenvalue weighted by molar-refractivity contribution is 5.72. The maximum Gasteiger partial charge on any atom is 0.332 e. The van der Waals surface area contributed by atoms with Crippen LogP contribution in [0.3, 0.4) is 0 Å². The summed E-state index contributed by atoms with van der Waals surface area (Å²) in [6.07, 6.45) is 2.53. The number of hydrogen-bond donors (Lipinski definition) is 1. The molecule has 0 saturated heterocycles. The zero-order valence-corrected chi connectivity index (χ0v) is 16.6.